The molecule has 1 saturated heterocycles. The number of nitrogens with one attached hydrogen (secondary N) is 1. The monoisotopic (exact) mass is 527 g/mol. The molecule has 1 aliphatic heterocycles. The Bertz CT molecular complexity index is 1400. The second kappa shape index (κ2) is 10.8. The SMILES string of the molecule is CN(c1ccccc1)S(=O)(=O)c1ccc(NCC(=O)c2ccc(S(=O)(=O)N3CCCCC3)cc2)cc1. The van der Waals surface area contributed by atoms with Crippen LogP contribution in [0.2, 0.25) is 0 Å². The van der Waals surface area contributed by atoms with Crippen LogP contribution in [0.3, 0.4) is 0 Å². The Morgan fingerprint density at radius 2 is 1.39 bits per heavy atom. The Morgan fingerprint density at radius 3 is 2.00 bits per heavy atom. The van der Waals surface area contributed by atoms with Crippen LogP contribution in [0.5, 0.6) is 0 Å². The van der Waals surface area contributed by atoms with Crippen LogP contribution < -0.4 is 9.62 Å². The fraction of sp³-hybridized carbons (Fsp3) is 0.269. The van der Waals surface area contributed by atoms with E-state index in [1.165, 1.54) is 52.1 Å². The summed E-state index contributed by atoms with van der Waals surface area (Å²) in [7, 11) is -5.77. The van der Waals surface area contributed by atoms with Gasteiger partial charge < -0.3 is 5.32 Å². The molecule has 1 fully saturated rings. The summed E-state index contributed by atoms with van der Waals surface area (Å²) in [6.07, 6.45) is 2.76. The number of carbonyl (C=O) groups excluding carboxylic acids is 1. The normalized spacial score (nSPS) is 14.8. The van der Waals surface area contributed by atoms with E-state index in [1.807, 2.05) is 6.07 Å². The van der Waals surface area contributed by atoms with E-state index in [9.17, 15) is 21.6 Å². The maximum absolute atomic E-state index is 12.9. The summed E-state index contributed by atoms with van der Waals surface area (Å²) in [5.41, 5.74) is 1.54. The van der Waals surface area contributed by atoms with E-state index in [-0.39, 0.29) is 22.1 Å². The second-order valence-corrected chi connectivity index (χ2v) is 12.5. The molecule has 4 rings (SSSR count). The molecule has 0 aromatic heterocycles. The van der Waals surface area contributed by atoms with Gasteiger partial charge in [-0.15, -0.1) is 0 Å². The molecule has 0 spiro atoms. The van der Waals surface area contributed by atoms with E-state index < -0.39 is 20.0 Å². The van der Waals surface area contributed by atoms with E-state index in [0.717, 1.165) is 19.3 Å². The number of rotatable bonds is 9. The molecular weight excluding hydrogens is 498 g/mol. The van der Waals surface area contributed by atoms with Gasteiger partial charge in [-0.3, -0.25) is 9.10 Å². The first-order valence-corrected chi connectivity index (χ1v) is 14.6. The predicted octanol–water partition coefficient (Wildman–Crippen LogP) is 3.98. The van der Waals surface area contributed by atoms with Crippen molar-refractivity contribution in [3.05, 3.63) is 84.4 Å². The van der Waals surface area contributed by atoms with Crippen LogP contribution in [0.15, 0.2) is 88.7 Å². The van der Waals surface area contributed by atoms with Gasteiger partial charge in [0.15, 0.2) is 5.78 Å². The summed E-state index contributed by atoms with van der Waals surface area (Å²) >= 11 is 0. The average Bonchev–Trinajstić information content (AvgIpc) is 2.92. The number of para-hydroxylation sites is 1. The summed E-state index contributed by atoms with van der Waals surface area (Å²) in [6.45, 7) is 1.03. The van der Waals surface area contributed by atoms with Crippen LogP contribution in [0.4, 0.5) is 11.4 Å². The Hall–Kier alpha value is -3.21. The highest BCUT2D eigenvalue weighted by atomic mass is 32.2. The van der Waals surface area contributed by atoms with Crippen molar-refractivity contribution in [2.75, 3.05) is 36.3 Å². The molecule has 10 heteroatoms. The van der Waals surface area contributed by atoms with Gasteiger partial charge in [0.25, 0.3) is 10.0 Å². The Balaban J connectivity index is 1.37. The molecule has 0 radical (unpaired) electrons. The van der Waals surface area contributed by atoms with Gasteiger partial charge in [0, 0.05) is 31.4 Å². The molecule has 0 bridgehead atoms. The first kappa shape index (κ1) is 25.9. The van der Waals surface area contributed by atoms with Gasteiger partial charge >= 0.3 is 0 Å². The highest BCUT2D eigenvalue weighted by Gasteiger charge is 2.26. The molecule has 1 aliphatic rings. The van der Waals surface area contributed by atoms with Crippen molar-refractivity contribution in [1.82, 2.24) is 4.31 Å². The maximum atomic E-state index is 12.9. The van der Waals surface area contributed by atoms with Gasteiger partial charge in [0.1, 0.15) is 0 Å². The molecule has 3 aromatic carbocycles. The molecule has 36 heavy (non-hydrogen) atoms. The number of nitrogens with zero attached hydrogens (tertiary/aromatic N) is 2. The number of carbonyl (C=O) groups is 1. The third kappa shape index (κ3) is 5.61. The summed E-state index contributed by atoms with van der Waals surface area (Å²) < 4.78 is 54.1. The molecule has 0 atom stereocenters. The van der Waals surface area contributed by atoms with Crippen LogP contribution in [0.25, 0.3) is 0 Å². The lowest BCUT2D eigenvalue weighted by Crippen LogP contribution is -2.35. The zero-order valence-corrected chi connectivity index (χ0v) is 21.6. The minimum atomic E-state index is -3.72. The molecule has 1 heterocycles. The van der Waals surface area contributed by atoms with Gasteiger partial charge in [-0.25, -0.2) is 16.8 Å². The van der Waals surface area contributed by atoms with Crippen molar-refractivity contribution in [1.29, 1.82) is 0 Å². The van der Waals surface area contributed by atoms with Crippen molar-refractivity contribution >= 4 is 37.2 Å². The summed E-state index contributed by atoms with van der Waals surface area (Å²) in [5, 5.41) is 2.99. The number of piperidine rings is 1. The van der Waals surface area contributed by atoms with E-state index in [1.54, 1.807) is 36.4 Å². The van der Waals surface area contributed by atoms with Crippen LogP contribution in [0, 0.1) is 0 Å². The molecule has 8 nitrogen and oxygen atoms in total. The number of hydrogen-bond acceptors (Lipinski definition) is 6. The van der Waals surface area contributed by atoms with Gasteiger partial charge in [-0.1, -0.05) is 24.6 Å². The summed E-state index contributed by atoms with van der Waals surface area (Å²) in [6, 6.07) is 21.0. The minimum Gasteiger partial charge on any atom is -0.378 e. The van der Waals surface area contributed by atoms with E-state index in [2.05, 4.69) is 5.32 Å². The van der Waals surface area contributed by atoms with E-state index in [4.69, 9.17) is 0 Å². The number of hydrogen-bond donors (Lipinski definition) is 1. The molecule has 190 valence electrons. The largest absolute Gasteiger partial charge is 0.378 e. The third-order valence-electron chi connectivity index (χ3n) is 6.21. The second-order valence-electron chi connectivity index (χ2n) is 8.60. The number of anilines is 2. The molecule has 0 unspecified atom stereocenters. The first-order chi connectivity index (χ1) is 17.2. The van der Waals surface area contributed by atoms with Crippen molar-refractivity contribution in [3.8, 4) is 0 Å². The lowest BCUT2D eigenvalue weighted by atomic mass is 10.1. The van der Waals surface area contributed by atoms with E-state index in [0.29, 0.717) is 30.0 Å². The fourth-order valence-corrected chi connectivity index (χ4v) is 6.74. The van der Waals surface area contributed by atoms with Crippen LogP contribution in [-0.4, -0.2) is 53.6 Å². The van der Waals surface area contributed by atoms with Crippen molar-refractivity contribution in [2.45, 2.75) is 29.1 Å². The van der Waals surface area contributed by atoms with Crippen molar-refractivity contribution in [2.24, 2.45) is 0 Å². The van der Waals surface area contributed by atoms with Gasteiger partial charge in [0.05, 0.1) is 22.0 Å². The average molecular weight is 528 g/mol. The standard InChI is InChI=1S/C26H29N3O5S2/c1-28(23-8-4-2-5-9-23)35(31,32)24-16-12-22(13-17-24)27-20-26(30)21-10-14-25(15-11-21)36(33,34)29-18-6-3-7-19-29/h2,4-5,8-17,27H,3,6-7,18-20H2,1H3. The van der Waals surface area contributed by atoms with Crippen molar-refractivity contribution in [3.63, 3.8) is 0 Å². The van der Waals surface area contributed by atoms with Gasteiger partial charge in [-0.05, 0) is 73.5 Å². The smallest absolute Gasteiger partial charge is 0.264 e. The van der Waals surface area contributed by atoms with Gasteiger partial charge in [0.2, 0.25) is 10.0 Å². The first-order valence-electron chi connectivity index (χ1n) is 11.7. The van der Waals surface area contributed by atoms with Crippen LogP contribution in [0.1, 0.15) is 29.6 Å². The molecular formula is C26H29N3O5S2. The lowest BCUT2D eigenvalue weighted by molar-refractivity contribution is 0.101. The lowest BCUT2D eigenvalue weighted by Gasteiger charge is -2.25. The summed E-state index contributed by atoms with van der Waals surface area (Å²) in [4.78, 5) is 12.9. The number of benzene rings is 3. The maximum Gasteiger partial charge on any atom is 0.264 e. The zero-order valence-electron chi connectivity index (χ0n) is 20.0. The minimum absolute atomic E-state index is 0.0196. The molecule has 3 aromatic rings. The molecule has 0 aliphatic carbocycles. The highest BCUT2D eigenvalue weighted by Crippen LogP contribution is 2.23. The zero-order chi connectivity index (χ0) is 25.8. The van der Waals surface area contributed by atoms with Gasteiger partial charge in [-0.2, -0.15) is 4.31 Å². The predicted molar refractivity (Wildman–Crippen MR) is 140 cm³/mol. The highest BCUT2D eigenvalue weighted by molar-refractivity contribution is 7.92. The van der Waals surface area contributed by atoms with E-state index >= 15 is 0 Å². The third-order valence-corrected chi connectivity index (χ3v) is 9.93. The number of Topliss-reactive ketones (excluding diaryl/α,β-unsaturated/α-hetero) is 1. The topological polar surface area (TPSA) is 104 Å². The Kier molecular flexibility index (Phi) is 7.77. The molecule has 1 N–H and O–H groups in total. The summed E-state index contributed by atoms with van der Waals surface area (Å²) in [5.74, 6) is -0.211. The Labute approximate surface area is 212 Å². The number of ketones is 1. The van der Waals surface area contributed by atoms with Crippen LogP contribution >= 0.6 is 0 Å². The molecule has 0 saturated carbocycles. The van der Waals surface area contributed by atoms with Crippen molar-refractivity contribution < 1.29 is 21.6 Å². The molecule has 0 amide bonds. The quantitative estimate of drug-likeness (QED) is 0.422. The van der Waals surface area contributed by atoms with Crippen LogP contribution in [-0.2, 0) is 20.0 Å². The number of sulfonamides is 2. The Morgan fingerprint density at radius 1 is 0.806 bits per heavy atom. The fourth-order valence-electron chi connectivity index (χ4n) is 4.03.